The minimum absolute atomic E-state index is 0.845. The topological polar surface area (TPSA) is 32.5 Å². The molecular weight excluding hydrogens is 186 g/mol. The van der Waals surface area contributed by atoms with Gasteiger partial charge in [-0.2, -0.15) is 0 Å². The first-order chi connectivity index (χ1) is 7.33. The first-order valence-corrected chi connectivity index (χ1v) is 6.58. The lowest BCUT2D eigenvalue weighted by molar-refractivity contribution is -0.00863. The molecule has 3 aliphatic heterocycles. The second-order valence-corrected chi connectivity index (χ2v) is 5.64. The molecule has 15 heavy (non-hydrogen) atoms. The Kier molecular flexibility index (Phi) is 2.71. The van der Waals surface area contributed by atoms with Crippen LogP contribution in [0.3, 0.4) is 0 Å². The molecule has 3 saturated heterocycles. The molecule has 2 bridgehead atoms. The minimum atomic E-state index is 0.845. The first kappa shape index (κ1) is 10.1. The van der Waals surface area contributed by atoms with Crippen LogP contribution >= 0.6 is 0 Å². The Hall–Kier alpha value is -0.120. The van der Waals surface area contributed by atoms with Gasteiger partial charge in [0.15, 0.2) is 0 Å². The van der Waals surface area contributed by atoms with Crippen molar-refractivity contribution < 1.29 is 0 Å². The fourth-order valence-corrected chi connectivity index (χ4v) is 3.77. The molecule has 4 aliphatic rings. The Labute approximate surface area is 92.6 Å². The van der Waals surface area contributed by atoms with Gasteiger partial charge >= 0.3 is 0 Å². The van der Waals surface area contributed by atoms with Gasteiger partial charge in [0.25, 0.3) is 0 Å². The summed E-state index contributed by atoms with van der Waals surface area (Å²) in [6.45, 7) is 3.58. The van der Waals surface area contributed by atoms with Crippen molar-refractivity contribution >= 4 is 0 Å². The Morgan fingerprint density at radius 2 is 1.40 bits per heavy atom. The molecule has 3 heteroatoms. The quantitative estimate of drug-likeness (QED) is 0.659. The number of hydrazine groups is 1. The van der Waals surface area contributed by atoms with E-state index in [2.05, 4.69) is 4.90 Å². The number of hydrogen-bond donors (Lipinski definition) is 1. The van der Waals surface area contributed by atoms with Crippen molar-refractivity contribution in [3.8, 4) is 0 Å². The van der Waals surface area contributed by atoms with Crippen molar-refractivity contribution in [2.75, 3.05) is 19.6 Å². The lowest BCUT2D eigenvalue weighted by Crippen LogP contribution is -2.56. The van der Waals surface area contributed by atoms with Crippen LogP contribution in [0.15, 0.2) is 0 Å². The summed E-state index contributed by atoms with van der Waals surface area (Å²) in [5, 5.41) is 1.98. The van der Waals surface area contributed by atoms with E-state index in [1.165, 1.54) is 45.1 Å². The molecule has 0 spiro atoms. The predicted octanol–water partition coefficient (Wildman–Crippen LogP) is 1.20. The van der Waals surface area contributed by atoms with Crippen LogP contribution in [0.25, 0.3) is 0 Å². The maximum Gasteiger partial charge on any atom is 0.0143 e. The van der Waals surface area contributed by atoms with E-state index >= 15 is 0 Å². The molecule has 0 unspecified atom stereocenters. The van der Waals surface area contributed by atoms with E-state index in [9.17, 15) is 0 Å². The third-order valence-electron chi connectivity index (χ3n) is 4.72. The summed E-state index contributed by atoms with van der Waals surface area (Å²) in [6.07, 6.45) is 8.51. The van der Waals surface area contributed by atoms with Crippen LogP contribution in [0.2, 0.25) is 0 Å². The number of fused-ring (bicyclic) bond motifs is 3. The summed E-state index contributed by atoms with van der Waals surface area (Å²) in [5.74, 6) is 6.84. The van der Waals surface area contributed by atoms with E-state index < -0.39 is 0 Å². The van der Waals surface area contributed by atoms with E-state index in [4.69, 9.17) is 5.84 Å². The molecule has 3 heterocycles. The van der Waals surface area contributed by atoms with Gasteiger partial charge in [0, 0.05) is 31.7 Å². The maximum absolute atomic E-state index is 5.82. The molecule has 1 aliphatic carbocycles. The number of nitrogens with zero attached hydrogens (tertiary/aromatic N) is 2. The summed E-state index contributed by atoms with van der Waals surface area (Å²) in [7, 11) is 0. The smallest absolute Gasteiger partial charge is 0.0143 e. The van der Waals surface area contributed by atoms with Crippen molar-refractivity contribution in [2.24, 2.45) is 11.8 Å². The van der Waals surface area contributed by atoms with Crippen LogP contribution in [-0.2, 0) is 0 Å². The molecule has 1 saturated carbocycles. The summed E-state index contributed by atoms with van der Waals surface area (Å²) in [5.41, 5.74) is 0. The average molecular weight is 209 g/mol. The Morgan fingerprint density at radius 1 is 0.800 bits per heavy atom. The highest BCUT2D eigenvalue weighted by Crippen LogP contribution is 2.37. The molecule has 0 radical (unpaired) electrons. The molecule has 86 valence electrons. The third kappa shape index (κ3) is 1.93. The zero-order chi connectivity index (χ0) is 10.3. The fraction of sp³-hybridized carbons (Fsp3) is 1.00. The van der Waals surface area contributed by atoms with Crippen molar-refractivity contribution in [3.63, 3.8) is 0 Å². The normalized spacial score (nSPS) is 39.8. The number of piperidine rings is 3. The Bertz CT molecular complexity index is 215. The van der Waals surface area contributed by atoms with Crippen LogP contribution in [0, 0.1) is 5.92 Å². The Balaban J connectivity index is 1.62. The lowest BCUT2D eigenvalue weighted by Gasteiger charge is -2.50. The van der Waals surface area contributed by atoms with Crippen molar-refractivity contribution in [2.45, 2.75) is 50.6 Å². The standard InChI is InChI=1S/C12H23N3/c13-14-7-5-12(6-8-14)15-9-10-1-3-11(15)4-2-10/h10-12H,1-9,13H2. The van der Waals surface area contributed by atoms with Crippen LogP contribution in [0.4, 0.5) is 0 Å². The number of hydrogen-bond acceptors (Lipinski definition) is 3. The Morgan fingerprint density at radius 3 is 1.93 bits per heavy atom. The largest absolute Gasteiger partial charge is 0.297 e. The van der Waals surface area contributed by atoms with E-state index in [0.717, 1.165) is 31.1 Å². The minimum Gasteiger partial charge on any atom is -0.297 e. The van der Waals surface area contributed by atoms with Gasteiger partial charge in [-0.25, -0.2) is 5.01 Å². The van der Waals surface area contributed by atoms with Gasteiger partial charge in [0.2, 0.25) is 0 Å². The van der Waals surface area contributed by atoms with Gasteiger partial charge in [0.05, 0.1) is 0 Å². The summed E-state index contributed by atoms with van der Waals surface area (Å²) < 4.78 is 0. The second-order valence-electron chi connectivity index (χ2n) is 5.64. The highest BCUT2D eigenvalue weighted by molar-refractivity contribution is 4.92. The highest BCUT2D eigenvalue weighted by Gasteiger charge is 2.37. The fourth-order valence-electron chi connectivity index (χ4n) is 3.77. The van der Waals surface area contributed by atoms with Gasteiger partial charge in [-0.1, -0.05) is 0 Å². The summed E-state index contributed by atoms with van der Waals surface area (Å²) in [6, 6.07) is 1.77. The summed E-state index contributed by atoms with van der Waals surface area (Å²) >= 11 is 0. The number of nitrogens with two attached hydrogens (primary N) is 1. The lowest BCUT2D eigenvalue weighted by atomic mass is 9.78. The molecule has 0 amide bonds. The maximum atomic E-state index is 5.82. The van der Waals surface area contributed by atoms with E-state index in [1.54, 1.807) is 0 Å². The van der Waals surface area contributed by atoms with Gasteiger partial charge in [-0.15, -0.1) is 0 Å². The van der Waals surface area contributed by atoms with Crippen LogP contribution in [-0.4, -0.2) is 41.6 Å². The van der Waals surface area contributed by atoms with Crippen LogP contribution in [0.1, 0.15) is 38.5 Å². The highest BCUT2D eigenvalue weighted by atomic mass is 15.4. The zero-order valence-corrected chi connectivity index (χ0v) is 9.57. The van der Waals surface area contributed by atoms with E-state index in [-0.39, 0.29) is 0 Å². The monoisotopic (exact) mass is 209 g/mol. The van der Waals surface area contributed by atoms with Gasteiger partial charge < -0.3 is 0 Å². The van der Waals surface area contributed by atoms with Crippen molar-refractivity contribution in [3.05, 3.63) is 0 Å². The van der Waals surface area contributed by atoms with Gasteiger partial charge in [0.1, 0.15) is 0 Å². The molecule has 4 rings (SSSR count). The number of rotatable bonds is 1. The van der Waals surface area contributed by atoms with Crippen molar-refractivity contribution in [1.82, 2.24) is 9.91 Å². The zero-order valence-electron chi connectivity index (χ0n) is 9.57. The molecule has 0 aromatic carbocycles. The molecule has 0 atom stereocenters. The summed E-state index contributed by atoms with van der Waals surface area (Å²) in [4.78, 5) is 2.82. The molecular formula is C12H23N3. The molecule has 0 aromatic rings. The molecule has 3 nitrogen and oxygen atoms in total. The second kappa shape index (κ2) is 4.04. The third-order valence-corrected chi connectivity index (χ3v) is 4.72. The SMILES string of the molecule is NN1CCC(N2CC3CCC2CC3)CC1. The molecule has 4 fully saturated rings. The average Bonchev–Trinajstić information content (AvgIpc) is 2.31. The van der Waals surface area contributed by atoms with Gasteiger partial charge in [-0.3, -0.25) is 10.7 Å². The predicted molar refractivity (Wildman–Crippen MR) is 61.2 cm³/mol. The molecule has 2 N–H and O–H groups in total. The van der Waals surface area contributed by atoms with E-state index in [0.29, 0.717) is 0 Å². The van der Waals surface area contributed by atoms with E-state index in [1.807, 2.05) is 5.01 Å². The van der Waals surface area contributed by atoms with Crippen LogP contribution in [0.5, 0.6) is 0 Å². The van der Waals surface area contributed by atoms with Crippen LogP contribution < -0.4 is 5.84 Å². The molecule has 0 aromatic heterocycles. The van der Waals surface area contributed by atoms with Gasteiger partial charge in [-0.05, 0) is 44.4 Å². The first-order valence-electron chi connectivity index (χ1n) is 6.58. The van der Waals surface area contributed by atoms with Crippen molar-refractivity contribution in [1.29, 1.82) is 0 Å².